The minimum Gasteiger partial charge on any atom is -0.426 e. The number of fused-ring (bicyclic) bond motifs is 2. The number of aromatic amines is 1. The first-order valence-electron chi connectivity index (χ1n) is 9.79. The van der Waals surface area contributed by atoms with Crippen LogP contribution >= 0.6 is 0 Å². The first-order valence-corrected chi connectivity index (χ1v) is 9.79. The van der Waals surface area contributed by atoms with Crippen molar-refractivity contribution in [3.05, 3.63) is 59.2 Å². The van der Waals surface area contributed by atoms with Gasteiger partial charge in [0, 0.05) is 24.2 Å². The summed E-state index contributed by atoms with van der Waals surface area (Å²) in [5.74, 6) is 0.301. The van der Waals surface area contributed by atoms with Gasteiger partial charge in [0.25, 0.3) is 0 Å². The highest BCUT2D eigenvalue weighted by Crippen LogP contribution is 2.37. The normalized spacial score (nSPS) is 13.9. The molecule has 0 saturated carbocycles. The van der Waals surface area contributed by atoms with Crippen molar-refractivity contribution in [3.63, 3.8) is 0 Å². The van der Waals surface area contributed by atoms with Gasteiger partial charge >= 0.3 is 12.2 Å². The fourth-order valence-corrected chi connectivity index (χ4v) is 3.80. The number of carbonyl (C=O) groups excluding carboxylic acids is 1. The lowest BCUT2D eigenvalue weighted by Gasteiger charge is -2.30. The van der Waals surface area contributed by atoms with Crippen LogP contribution in [0.5, 0.6) is 11.8 Å². The molecule has 0 amide bonds. The van der Waals surface area contributed by atoms with E-state index in [1.165, 1.54) is 0 Å². The maximum absolute atomic E-state index is 13.2. The van der Waals surface area contributed by atoms with Crippen molar-refractivity contribution < 1.29 is 22.7 Å². The van der Waals surface area contributed by atoms with E-state index in [9.17, 15) is 18.0 Å². The number of rotatable bonds is 4. The van der Waals surface area contributed by atoms with Crippen LogP contribution in [0.2, 0.25) is 0 Å². The van der Waals surface area contributed by atoms with Gasteiger partial charge in [-0.3, -0.25) is 4.79 Å². The predicted octanol–water partition coefficient (Wildman–Crippen LogP) is 4.06. The van der Waals surface area contributed by atoms with Gasteiger partial charge < -0.3 is 19.2 Å². The van der Waals surface area contributed by atoms with Gasteiger partial charge in [0.15, 0.2) is 5.82 Å². The van der Waals surface area contributed by atoms with Crippen LogP contribution in [-0.4, -0.2) is 37.6 Å². The molecule has 0 bridgehead atoms. The number of aromatic nitrogens is 5. The molecule has 3 heterocycles. The Morgan fingerprint density at radius 2 is 1.91 bits per heavy atom. The molecule has 5 rings (SSSR count). The summed E-state index contributed by atoms with van der Waals surface area (Å²) in [6, 6.07) is 10.7. The smallest absolute Gasteiger partial charge is 0.426 e. The number of anilines is 1. The minimum atomic E-state index is -4.55. The first kappa shape index (κ1) is 20.0. The average molecular weight is 442 g/mol. The van der Waals surface area contributed by atoms with Crippen LogP contribution in [0.15, 0.2) is 36.4 Å². The maximum Gasteiger partial charge on any atom is 0.451 e. The van der Waals surface area contributed by atoms with Gasteiger partial charge in [-0.25, -0.2) is 0 Å². The van der Waals surface area contributed by atoms with E-state index in [1.54, 1.807) is 24.3 Å². The first-order chi connectivity index (χ1) is 15.3. The van der Waals surface area contributed by atoms with Gasteiger partial charge in [-0.15, -0.1) is 10.2 Å². The van der Waals surface area contributed by atoms with Gasteiger partial charge in [0.2, 0.25) is 5.82 Å². The van der Waals surface area contributed by atoms with Crippen LogP contribution in [-0.2, 0) is 19.3 Å². The summed E-state index contributed by atoms with van der Waals surface area (Å²) in [6.07, 6.45) is -3.81. The third-order valence-electron chi connectivity index (χ3n) is 5.26. The Kier molecular flexibility index (Phi) is 4.61. The maximum atomic E-state index is 13.2. The molecule has 2 aliphatic heterocycles. The Morgan fingerprint density at radius 1 is 1.12 bits per heavy atom. The van der Waals surface area contributed by atoms with Crippen LogP contribution in [0, 0.1) is 6.92 Å². The van der Waals surface area contributed by atoms with Crippen LogP contribution < -0.4 is 9.64 Å². The number of nitrogens with one attached hydrogen (secondary N) is 1. The lowest BCUT2D eigenvalue weighted by atomic mass is 10.2. The number of hydrogen-bond acceptors (Lipinski definition) is 6. The molecule has 0 spiro atoms. The average Bonchev–Trinajstić information content (AvgIpc) is 3.35. The fraction of sp³-hybridized carbons (Fsp3) is 0.238. The monoisotopic (exact) mass is 442 g/mol. The molecule has 0 radical (unpaired) electrons. The molecular weight excluding hydrogens is 425 g/mol. The van der Waals surface area contributed by atoms with E-state index in [-0.39, 0.29) is 24.9 Å². The highest BCUT2D eigenvalue weighted by molar-refractivity contribution is 5.77. The second kappa shape index (κ2) is 7.36. The van der Waals surface area contributed by atoms with Crippen molar-refractivity contribution in [3.8, 4) is 23.0 Å². The number of halogens is 3. The molecular formula is C21H17F3N6O2. The summed E-state index contributed by atoms with van der Waals surface area (Å²) in [5.41, 5.74) is 3.14. The van der Waals surface area contributed by atoms with Crippen molar-refractivity contribution in [2.24, 2.45) is 0 Å². The van der Waals surface area contributed by atoms with E-state index < -0.39 is 12.0 Å². The van der Waals surface area contributed by atoms with Crippen molar-refractivity contribution in [1.29, 1.82) is 0 Å². The van der Waals surface area contributed by atoms with E-state index in [2.05, 4.69) is 20.2 Å². The number of alkyl halides is 3. The number of ether oxygens (including phenoxy) is 1. The second-order valence-corrected chi connectivity index (χ2v) is 7.53. The number of carbonyl (C=O) groups is 1. The Morgan fingerprint density at radius 3 is 2.62 bits per heavy atom. The SMILES string of the molecule is Cc1cc2[nH]c(Oc3ccc(C=O)cc3)nc(N3CCn4c(nnc4C(F)(F)F)C3)c-2c1. The highest BCUT2D eigenvalue weighted by Gasteiger charge is 2.39. The lowest BCUT2D eigenvalue weighted by Crippen LogP contribution is -2.36. The largest absolute Gasteiger partial charge is 0.451 e. The number of aryl methyl sites for hydroxylation is 1. The summed E-state index contributed by atoms with van der Waals surface area (Å²) in [5, 5.41) is 7.08. The third-order valence-corrected chi connectivity index (χ3v) is 5.26. The molecule has 1 aromatic carbocycles. The van der Waals surface area contributed by atoms with E-state index in [1.807, 2.05) is 24.0 Å². The minimum absolute atomic E-state index is 0.0853. The topological polar surface area (TPSA) is 88.9 Å². The molecule has 8 nitrogen and oxygen atoms in total. The predicted molar refractivity (Wildman–Crippen MR) is 108 cm³/mol. The standard InChI is InChI=1S/C21H17F3N6O2/c1-12-8-15-16(9-12)25-20(32-14-4-2-13(11-31)3-5-14)26-18(15)29-6-7-30-17(10-29)27-28-19(30)21(22,23)24/h2-5,8-9,11H,6-7,10H2,1H3,(H,25,26). The highest BCUT2D eigenvalue weighted by atomic mass is 19.4. The zero-order chi connectivity index (χ0) is 22.5. The zero-order valence-electron chi connectivity index (χ0n) is 16.8. The Labute approximate surface area is 180 Å². The van der Waals surface area contributed by atoms with Crippen LogP contribution in [0.3, 0.4) is 0 Å². The van der Waals surface area contributed by atoms with Crippen molar-refractivity contribution in [1.82, 2.24) is 24.7 Å². The molecule has 1 aliphatic carbocycles. The number of hydrogen-bond donors (Lipinski definition) is 1. The molecule has 1 N–H and O–H groups in total. The van der Waals surface area contributed by atoms with Gasteiger partial charge in [-0.05, 0) is 48.9 Å². The third kappa shape index (κ3) is 3.55. The molecule has 164 valence electrons. The Bertz CT molecular complexity index is 1260. The van der Waals surface area contributed by atoms with Gasteiger partial charge in [-0.1, -0.05) is 0 Å². The Hall–Kier alpha value is -3.89. The van der Waals surface area contributed by atoms with Crippen LogP contribution in [0.4, 0.5) is 19.0 Å². The van der Waals surface area contributed by atoms with Crippen LogP contribution in [0.25, 0.3) is 11.3 Å². The van der Waals surface area contributed by atoms with E-state index in [0.717, 1.165) is 27.7 Å². The second-order valence-electron chi connectivity index (χ2n) is 7.53. The molecule has 0 atom stereocenters. The quantitative estimate of drug-likeness (QED) is 0.480. The summed E-state index contributed by atoms with van der Waals surface area (Å²) < 4.78 is 46.4. The number of benzene rings is 1. The molecule has 3 aliphatic rings. The summed E-state index contributed by atoms with van der Waals surface area (Å²) in [4.78, 5) is 20.5. The lowest BCUT2D eigenvalue weighted by molar-refractivity contribution is -0.147. The number of H-pyrrole nitrogens is 1. The molecule has 32 heavy (non-hydrogen) atoms. The molecule has 0 fully saturated rings. The molecule has 0 saturated heterocycles. The molecule has 11 heteroatoms. The number of aldehydes is 1. The van der Waals surface area contributed by atoms with Crippen LogP contribution in [0.1, 0.15) is 27.6 Å². The van der Waals surface area contributed by atoms with E-state index in [0.29, 0.717) is 23.7 Å². The van der Waals surface area contributed by atoms with Gasteiger partial charge in [0.05, 0.1) is 12.2 Å². The summed E-state index contributed by atoms with van der Waals surface area (Å²) in [7, 11) is 0. The van der Waals surface area contributed by atoms with E-state index in [4.69, 9.17) is 4.74 Å². The fourth-order valence-electron chi connectivity index (χ4n) is 3.80. The van der Waals surface area contributed by atoms with Gasteiger partial charge in [-0.2, -0.15) is 18.2 Å². The molecule has 0 unspecified atom stereocenters. The van der Waals surface area contributed by atoms with Crippen molar-refractivity contribution >= 4 is 12.1 Å². The van der Waals surface area contributed by atoms with Crippen molar-refractivity contribution in [2.75, 3.05) is 11.4 Å². The van der Waals surface area contributed by atoms with Gasteiger partial charge in [0.1, 0.15) is 17.9 Å². The van der Waals surface area contributed by atoms with E-state index >= 15 is 0 Å². The molecule has 1 aromatic heterocycles. The molecule has 2 aromatic rings. The summed E-state index contributed by atoms with van der Waals surface area (Å²) >= 11 is 0. The van der Waals surface area contributed by atoms with Crippen molar-refractivity contribution in [2.45, 2.75) is 26.2 Å². The zero-order valence-corrected chi connectivity index (χ0v) is 16.8. The Balaban J connectivity index is 1.49. The summed E-state index contributed by atoms with van der Waals surface area (Å²) in [6.45, 7) is 2.46. The number of nitrogens with zero attached hydrogens (tertiary/aromatic N) is 5.